The lowest BCUT2D eigenvalue weighted by Crippen LogP contribution is -2.38. The fourth-order valence-corrected chi connectivity index (χ4v) is 4.61. The van der Waals surface area contributed by atoms with E-state index < -0.39 is 0 Å². The molecule has 0 aliphatic carbocycles. The van der Waals surface area contributed by atoms with Crippen LogP contribution in [0, 0.1) is 6.92 Å². The summed E-state index contributed by atoms with van der Waals surface area (Å²) in [4.78, 5) is 37.1. The molecule has 0 atom stereocenters. The highest BCUT2D eigenvalue weighted by Crippen LogP contribution is 2.32. The Bertz CT molecular complexity index is 1110. The predicted octanol–water partition coefficient (Wildman–Crippen LogP) is 5.89. The van der Waals surface area contributed by atoms with Gasteiger partial charge in [0.1, 0.15) is 5.69 Å². The third kappa shape index (κ3) is 6.03. The number of thiazole rings is 1. The molecule has 3 aromatic rings. The molecule has 180 valence electrons. The number of amides is 2. The van der Waals surface area contributed by atoms with Crippen molar-refractivity contribution in [2.45, 2.75) is 27.7 Å². The number of aromatic nitrogens is 1. The van der Waals surface area contributed by atoms with E-state index in [1.165, 1.54) is 11.3 Å². The summed E-state index contributed by atoms with van der Waals surface area (Å²) in [5.41, 5.74) is 2.43. The number of halogens is 1. The summed E-state index contributed by atoms with van der Waals surface area (Å²) in [5, 5.41) is 2.75. The van der Waals surface area contributed by atoms with E-state index in [1.54, 1.807) is 45.5 Å². The van der Waals surface area contributed by atoms with E-state index in [0.717, 1.165) is 25.2 Å². The second-order valence-corrected chi connectivity index (χ2v) is 9.13. The average molecular weight is 499 g/mol. The maximum absolute atomic E-state index is 13.6. The van der Waals surface area contributed by atoms with Gasteiger partial charge in [0.05, 0.1) is 5.69 Å². The maximum Gasteiger partial charge on any atom is 0.273 e. The zero-order chi connectivity index (χ0) is 24.7. The van der Waals surface area contributed by atoms with Crippen molar-refractivity contribution in [3.8, 4) is 0 Å². The van der Waals surface area contributed by atoms with Crippen molar-refractivity contribution in [1.29, 1.82) is 0 Å². The van der Waals surface area contributed by atoms with Crippen molar-refractivity contribution >= 4 is 45.6 Å². The zero-order valence-electron chi connectivity index (χ0n) is 20.1. The number of likely N-dealkylation sites (N-methyl/N-ethyl adjacent to an activating group) is 2. The van der Waals surface area contributed by atoms with E-state index in [2.05, 4.69) is 23.7 Å². The Balaban J connectivity index is 1.92. The fourth-order valence-electron chi connectivity index (χ4n) is 3.67. The fraction of sp³-hybridized carbons (Fsp3) is 0.346. The molecular formula is C26H31ClN4O2S. The highest BCUT2D eigenvalue weighted by Gasteiger charge is 2.26. The molecule has 0 N–H and O–H groups in total. The van der Waals surface area contributed by atoms with Gasteiger partial charge in [-0.2, -0.15) is 0 Å². The zero-order valence-corrected chi connectivity index (χ0v) is 21.7. The van der Waals surface area contributed by atoms with Crippen molar-refractivity contribution < 1.29 is 9.59 Å². The number of carbonyl (C=O) groups excluding carboxylic acids is 2. The van der Waals surface area contributed by atoms with Crippen LogP contribution >= 0.6 is 22.9 Å². The van der Waals surface area contributed by atoms with Gasteiger partial charge in [-0.15, -0.1) is 11.3 Å². The molecule has 0 spiro atoms. The summed E-state index contributed by atoms with van der Waals surface area (Å²) in [7, 11) is 0. The third-order valence-electron chi connectivity index (χ3n) is 5.82. The van der Waals surface area contributed by atoms with Crippen LogP contribution in [0.25, 0.3) is 0 Å². The predicted molar refractivity (Wildman–Crippen MR) is 141 cm³/mol. The number of rotatable bonds is 10. The van der Waals surface area contributed by atoms with Crippen molar-refractivity contribution in [3.05, 3.63) is 75.8 Å². The minimum absolute atomic E-state index is 0.128. The lowest BCUT2D eigenvalue weighted by Gasteiger charge is -2.25. The average Bonchev–Trinajstić information content (AvgIpc) is 3.33. The summed E-state index contributed by atoms with van der Waals surface area (Å²) in [6.45, 7) is 12.0. The topological polar surface area (TPSA) is 56.8 Å². The van der Waals surface area contributed by atoms with Crippen LogP contribution in [0.2, 0.25) is 5.02 Å². The van der Waals surface area contributed by atoms with Crippen LogP contribution in [-0.2, 0) is 0 Å². The molecule has 0 unspecified atom stereocenters. The Morgan fingerprint density at radius 1 is 0.912 bits per heavy atom. The van der Waals surface area contributed by atoms with E-state index in [4.69, 9.17) is 11.6 Å². The molecule has 1 aromatic heterocycles. The van der Waals surface area contributed by atoms with Gasteiger partial charge in [0.25, 0.3) is 11.8 Å². The number of nitrogens with zero attached hydrogens (tertiary/aromatic N) is 4. The number of hydrogen-bond acceptors (Lipinski definition) is 5. The summed E-state index contributed by atoms with van der Waals surface area (Å²) in [5.74, 6) is -0.334. The Hall–Kier alpha value is -2.74. The molecule has 0 bridgehead atoms. The molecular weight excluding hydrogens is 468 g/mol. The summed E-state index contributed by atoms with van der Waals surface area (Å²) < 4.78 is 0. The molecule has 3 rings (SSSR count). The Kier molecular flexibility index (Phi) is 9.21. The number of anilines is 2. The maximum atomic E-state index is 13.6. The highest BCUT2D eigenvalue weighted by molar-refractivity contribution is 7.14. The molecule has 6 nitrogen and oxygen atoms in total. The van der Waals surface area contributed by atoms with Crippen LogP contribution in [-0.4, -0.2) is 59.3 Å². The van der Waals surface area contributed by atoms with Crippen molar-refractivity contribution in [2.24, 2.45) is 0 Å². The van der Waals surface area contributed by atoms with Gasteiger partial charge in [0.2, 0.25) is 0 Å². The molecule has 0 aliphatic heterocycles. The first kappa shape index (κ1) is 25.9. The van der Waals surface area contributed by atoms with Crippen molar-refractivity contribution in [2.75, 3.05) is 37.6 Å². The molecule has 34 heavy (non-hydrogen) atoms. The Labute approximate surface area is 210 Å². The van der Waals surface area contributed by atoms with Crippen LogP contribution in [0.4, 0.5) is 10.8 Å². The molecule has 0 saturated carbocycles. The molecule has 0 saturated heterocycles. The van der Waals surface area contributed by atoms with Gasteiger partial charge >= 0.3 is 0 Å². The van der Waals surface area contributed by atoms with Gasteiger partial charge in [-0.1, -0.05) is 43.6 Å². The SMILES string of the molecule is CCN(CC)CCN(CC)C(=O)c1csc(N(C(=O)c2ccccc2C)c2ccc(Cl)cc2)n1. The van der Waals surface area contributed by atoms with E-state index >= 15 is 0 Å². The van der Waals surface area contributed by atoms with Gasteiger partial charge in [-0.05, 0) is 62.8 Å². The molecule has 8 heteroatoms. The van der Waals surface area contributed by atoms with E-state index in [0.29, 0.717) is 40.2 Å². The molecule has 0 fully saturated rings. The summed E-state index contributed by atoms with van der Waals surface area (Å²) in [6, 6.07) is 14.5. The number of aryl methyl sites for hydroxylation is 1. The normalized spacial score (nSPS) is 11.0. The van der Waals surface area contributed by atoms with Gasteiger partial charge in [-0.25, -0.2) is 4.98 Å². The van der Waals surface area contributed by atoms with Crippen molar-refractivity contribution in [1.82, 2.24) is 14.8 Å². The van der Waals surface area contributed by atoms with Crippen LogP contribution in [0.15, 0.2) is 53.9 Å². The van der Waals surface area contributed by atoms with E-state index in [1.807, 2.05) is 32.0 Å². The highest BCUT2D eigenvalue weighted by atomic mass is 35.5. The Morgan fingerprint density at radius 2 is 1.59 bits per heavy atom. The van der Waals surface area contributed by atoms with Crippen LogP contribution in [0.3, 0.4) is 0 Å². The first-order valence-corrected chi connectivity index (χ1v) is 12.8. The van der Waals surface area contributed by atoms with Gasteiger partial charge in [0, 0.05) is 35.6 Å². The number of carbonyl (C=O) groups is 2. The molecule has 2 amide bonds. The van der Waals surface area contributed by atoms with E-state index in [9.17, 15) is 9.59 Å². The van der Waals surface area contributed by atoms with E-state index in [-0.39, 0.29) is 11.8 Å². The lowest BCUT2D eigenvalue weighted by atomic mass is 10.1. The minimum atomic E-state index is -0.206. The number of hydrogen-bond donors (Lipinski definition) is 0. The largest absolute Gasteiger partial charge is 0.336 e. The van der Waals surface area contributed by atoms with Crippen LogP contribution in [0.5, 0.6) is 0 Å². The minimum Gasteiger partial charge on any atom is -0.336 e. The second-order valence-electron chi connectivity index (χ2n) is 7.86. The van der Waals surface area contributed by atoms with Crippen LogP contribution < -0.4 is 4.90 Å². The van der Waals surface area contributed by atoms with Crippen molar-refractivity contribution in [3.63, 3.8) is 0 Å². The standard InChI is InChI=1S/C26H31ClN4O2S/c1-5-29(6-2)16-17-30(7-3)25(33)23-18-34-26(28-23)31(21-14-12-20(27)13-15-21)24(32)22-11-9-8-10-19(22)4/h8-15,18H,5-7,16-17H2,1-4H3. The van der Waals surface area contributed by atoms with Gasteiger partial charge in [-0.3, -0.25) is 14.5 Å². The number of benzene rings is 2. The first-order chi connectivity index (χ1) is 16.4. The monoisotopic (exact) mass is 498 g/mol. The Morgan fingerprint density at radius 3 is 2.21 bits per heavy atom. The van der Waals surface area contributed by atoms with Gasteiger partial charge < -0.3 is 9.80 Å². The molecule has 0 radical (unpaired) electrons. The lowest BCUT2D eigenvalue weighted by molar-refractivity contribution is 0.0741. The third-order valence-corrected chi connectivity index (χ3v) is 6.89. The molecule has 2 aromatic carbocycles. The second kappa shape index (κ2) is 12.1. The quantitative estimate of drug-likeness (QED) is 0.350. The summed E-state index contributed by atoms with van der Waals surface area (Å²) >= 11 is 7.36. The van der Waals surface area contributed by atoms with Crippen LogP contribution in [0.1, 0.15) is 47.2 Å². The molecule has 0 aliphatic rings. The first-order valence-electron chi connectivity index (χ1n) is 11.5. The smallest absolute Gasteiger partial charge is 0.273 e. The molecule has 1 heterocycles. The summed E-state index contributed by atoms with van der Waals surface area (Å²) in [6.07, 6.45) is 0. The van der Waals surface area contributed by atoms with Gasteiger partial charge in [0.15, 0.2) is 5.13 Å².